The summed E-state index contributed by atoms with van der Waals surface area (Å²) >= 11 is 2.74. The monoisotopic (exact) mass is 513 g/mol. The second-order valence-corrected chi connectivity index (χ2v) is 10.3. The first-order valence-electron chi connectivity index (χ1n) is 11.6. The lowest BCUT2D eigenvalue weighted by molar-refractivity contribution is -0.118. The van der Waals surface area contributed by atoms with Crippen molar-refractivity contribution < 1.29 is 9.59 Å². The standard InChI is InChI=1S/C29H27N3O2S2/c1-2-18-30-26(34)20-35-29-32-27(23-16-10-5-11-17-23)28(36-29)31-25(33)19-24(21-12-6-3-7-13-21)22-14-8-4-9-15-22/h2-17,24H,1,18-20H2,(H,30,34)(H,31,33). The van der Waals surface area contributed by atoms with Gasteiger partial charge in [0.15, 0.2) is 4.34 Å². The van der Waals surface area contributed by atoms with Crippen molar-refractivity contribution in [2.24, 2.45) is 0 Å². The fourth-order valence-electron chi connectivity index (χ4n) is 3.76. The van der Waals surface area contributed by atoms with E-state index in [2.05, 4.69) is 41.5 Å². The van der Waals surface area contributed by atoms with Gasteiger partial charge >= 0.3 is 0 Å². The summed E-state index contributed by atoms with van der Waals surface area (Å²) < 4.78 is 0.723. The maximum atomic E-state index is 13.3. The van der Waals surface area contributed by atoms with Crippen molar-refractivity contribution in [3.63, 3.8) is 0 Å². The molecule has 0 unspecified atom stereocenters. The van der Waals surface area contributed by atoms with Crippen LogP contribution in [0.5, 0.6) is 0 Å². The summed E-state index contributed by atoms with van der Waals surface area (Å²) in [5.74, 6) is -0.000200. The molecule has 0 atom stereocenters. The average molecular weight is 514 g/mol. The van der Waals surface area contributed by atoms with Crippen LogP contribution in [0.2, 0.25) is 0 Å². The van der Waals surface area contributed by atoms with Crippen molar-refractivity contribution in [1.82, 2.24) is 10.3 Å². The van der Waals surface area contributed by atoms with Gasteiger partial charge in [-0.15, -0.1) is 6.58 Å². The SMILES string of the molecule is C=CCNC(=O)CSc1nc(-c2ccccc2)c(NC(=O)CC(c2ccccc2)c2ccccc2)s1. The lowest BCUT2D eigenvalue weighted by atomic mass is 9.88. The molecule has 0 saturated heterocycles. The zero-order valence-electron chi connectivity index (χ0n) is 19.7. The average Bonchev–Trinajstić information content (AvgIpc) is 3.33. The van der Waals surface area contributed by atoms with Crippen LogP contribution in [0.4, 0.5) is 5.00 Å². The van der Waals surface area contributed by atoms with Crippen LogP contribution in [-0.2, 0) is 9.59 Å². The van der Waals surface area contributed by atoms with Gasteiger partial charge in [0.1, 0.15) is 10.7 Å². The van der Waals surface area contributed by atoms with Gasteiger partial charge in [-0.2, -0.15) is 0 Å². The van der Waals surface area contributed by atoms with Crippen LogP contribution in [0.25, 0.3) is 11.3 Å². The Balaban J connectivity index is 1.55. The van der Waals surface area contributed by atoms with E-state index in [1.165, 1.54) is 23.1 Å². The molecule has 0 spiro atoms. The van der Waals surface area contributed by atoms with Gasteiger partial charge in [-0.25, -0.2) is 4.98 Å². The number of rotatable bonds is 11. The first-order valence-corrected chi connectivity index (χ1v) is 13.4. The van der Waals surface area contributed by atoms with Crippen molar-refractivity contribution >= 4 is 39.9 Å². The number of nitrogens with zero attached hydrogens (tertiary/aromatic N) is 1. The quantitative estimate of drug-likeness (QED) is 0.181. The minimum absolute atomic E-state index is 0.0668. The van der Waals surface area contributed by atoms with Crippen LogP contribution >= 0.6 is 23.1 Å². The number of hydrogen-bond donors (Lipinski definition) is 2. The Morgan fingerprint density at radius 1 is 0.889 bits per heavy atom. The highest BCUT2D eigenvalue weighted by Crippen LogP contribution is 2.38. The predicted molar refractivity (Wildman–Crippen MR) is 149 cm³/mol. The maximum Gasteiger partial charge on any atom is 0.230 e. The van der Waals surface area contributed by atoms with E-state index in [-0.39, 0.29) is 23.5 Å². The van der Waals surface area contributed by atoms with Gasteiger partial charge in [0.05, 0.1) is 5.75 Å². The first-order chi connectivity index (χ1) is 17.6. The molecular weight excluding hydrogens is 486 g/mol. The first kappa shape index (κ1) is 25.4. The Bertz CT molecular complexity index is 1250. The molecule has 0 aliphatic heterocycles. The van der Waals surface area contributed by atoms with Crippen LogP contribution in [0.15, 0.2) is 108 Å². The molecule has 182 valence electrons. The molecule has 2 N–H and O–H groups in total. The number of thioether (sulfide) groups is 1. The lowest BCUT2D eigenvalue weighted by Crippen LogP contribution is -2.24. The lowest BCUT2D eigenvalue weighted by Gasteiger charge is -2.18. The van der Waals surface area contributed by atoms with Crippen molar-refractivity contribution in [2.45, 2.75) is 16.7 Å². The largest absolute Gasteiger partial charge is 0.352 e. The van der Waals surface area contributed by atoms with Gasteiger partial charge in [0.25, 0.3) is 0 Å². The van der Waals surface area contributed by atoms with Crippen LogP contribution in [0.3, 0.4) is 0 Å². The number of anilines is 1. The molecule has 4 rings (SSSR count). The second-order valence-electron chi connectivity index (χ2n) is 8.03. The van der Waals surface area contributed by atoms with Crippen LogP contribution in [0, 0.1) is 0 Å². The summed E-state index contributed by atoms with van der Waals surface area (Å²) in [5.41, 5.74) is 3.80. The van der Waals surface area contributed by atoms with Crippen molar-refractivity contribution in [2.75, 3.05) is 17.6 Å². The van der Waals surface area contributed by atoms with Crippen molar-refractivity contribution in [3.05, 3.63) is 115 Å². The van der Waals surface area contributed by atoms with Gasteiger partial charge in [0.2, 0.25) is 11.8 Å². The Kier molecular flexibility index (Phi) is 9.08. The molecular formula is C29H27N3O2S2. The summed E-state index contributed by atoms with van der Waals surface area (Å²) in [6.45, 7) is 4.04. The minimum atomic E-state index is -0.0891. The normalized spacial score (nSPS) is 10.7. The summed E-state index contributed by atoms with van der Waals surface area (Å²) in [6.07, 6.45) is 1.94. The van der Waals surface area contributed by atoms with Crippen molar-refractivity contribution in [3.8, 4) is 11.3 Å². The minimum Gasteiger partial charge on any atom is -0.352 e. The van der Waals surface area contributed by atoms with Crippen LogP contribution in [-0.4, -0.2) is 29.1 Å². The molecule has 0 radical (unpaired) electrons. The molecule has 0 bridgehead atoms. The second kappa shape index (κ2) is 12.9. The number of thiazole rings is 1. The third kappa shape index (κ3) is 6.93. The van der Waals surface area contributed by atoms with E-state index in [4.69, 9.17) is 4.98 Å². The Labute approximate surface area is 219 Å². The molecule has 4 aromatic rings. The molecule has 5 nitrogen and oxygen atoms in total. The van der Waals surface area contributed by atoms with E-state index in [1.54, 1.807) is 6.08 Å². The van der Waals surface area contributed by atoms with E-state index in [0.717, 1.165) is 21.0 Å². The third-order valence-corrected chi connectivity index (χ3v) is 7.59. The predicted octanol–water partition coefficient (Wildman–Crippen LogP) is 6.37. The number of nitrogens with one attached hydrogen (secondary N) is 2. The van der Waals surface area contributed by atoms with Gasteiger partial charge in [-0.3, -0.25) is 9.59 Å². The Morgan fingerprint density at radius 3 is 2.06 bits per heavy atom. The summed E-state index contributed by atoms with van der Waals surface area (Å²) in [6, 6.07) is 29.9. The topological polar surface area (TPSA) is 71.1 Å². The molecule has 1 heterocycles. The molecule has 0 aliphatic rings. The number of benzene rings is 3. The van der Waals surface area contributed by atoms with E-state index >= 15 is 0 Å². The zero-order valence-corrected chi connectivity index (χ0v) is 21.4. The third-order valence-electron chi connectivity index (χ3n) is 5.47. The van der Waals surface area contributed by atoms with Crippen LogP contribution in [0.1, 0.15) is 23.5 Å². The fraction of sp³-hybridized carbons (Fsp3) is 0.138. The Hall–Kier alpha value is -3.68. The molecule has 36 heavy (non-hydrogen) atoms. The van der Waals surface area contributed by atoms with E-state index in [0.29, 0.717) is 23.7 Å². The fourth-order valence-corrected chi connectivity index (χ4v) is 5.68. The highest BCUT2D eigenvalue weighted by molar-refractivity contribution is 8.01. The smallest absolute Gasteiger partial charge is 0.230 e. The summed E-state index contributed by atoms with van der Waals surface area (Å²) in [4.78, 5) is 30.1. The molecule has 2 amide bonds. The van der Waals surface area contributed by atoms with Crippen LogP contribution < -0.4 is 10.6 Å². The number of hydrogen-bond acceptors (Lipinski definition) is 5. The maximum absolute atomic E-state index is 13.3. The molecule has 0 saturated carbocycles. The molecule has 1 aromatic heterocycles. The van der Waals surface area contributed by atoms with Gasteiger partial charge in [-0.05, 0) is 11.1 Å². The Morgan fingerprint density at radius 2 is 1.47 bits per heavy atom. The van der Waals surface area contributed by atoms with Crippen molar-refractivity contribution in [1.29, 1.82) is 0 Å². The van der Waals surface area contributed by atoms with E-state index < -0.39 is 0 Å². The number of carbonyl (C=O) groups excluding carboxylic acids is 2. The van der Waals surface area contributed by atoms with Gasteiger partial charge in [-0.1, -0.05) is 120 Å². The number of carbonyl (C=O) groups is 2. The molecule has 7 heteroatoms. The number of aromatic nitrogens is 1. The van der Waals surface area contributed by atoms with Gasteiger partial charge in [0, 0.05) is 24.4 Å². The highest BCUT2D eigenvalue weighted by atomic mass is 32.2. The summed E-state index contributed by atoms with van der Waals surface area (Å²) in [5, 5.41) is 6.56. The zero-order chi connectivity index (χ0) is 25.2. The van der Waals surface area contributed by atoms with Gasteiger partial charge < -0.3 is 10.6 Å². The highest BCUT2D eigenvalue weighted by Gasteiger charge is 2.21. The molecule has 3 aromatic carbocycles. The number of amides is 2. The summed E-state index contributed by atoms with van der Waals surface area (Å²) in [7, 11) is 0. The van der Waals surface area contributed by atoms with E-state index in [1.807, 2.05) is 66.7 Å². The van der Waals surface area contributed by atoms with E-state index in [9.17, 15) is 9.59 Å². The molecule has 0 fully saturated rings. The molecule has 0 aliphatic carbocycles.